The molecule has 0 saturated carbocycles. The number of rotatable bonds is 7. The molecule has 2 aromatic carbocycles. The van der Waals surface area contributed by atoms with Crippen LogP contribution in [0.5, 0.6) is 0 Å². The molecule has 0 radical (unpaired) electrons. The Bertz CT molecular complexity index is 1330. The first-order chi connectivity index (χ1) is 18.9. The van der Waals surface area contributed by atoms with Gasteiger partial charge in [0.15, 0.2) is 12.1 Å². The predicted molar refractivity (Wildman–Crippen MR) is 130 cm³/mol. The highest BCUT2D eigenvalue weighted by Gasteiger charge is 2.41. The highest BCUT2D eigenvalue weighted by molar-refractivity contribution is 7.49. The fourth-order valence-electron chi connectivity index (χ4n) is 4.39. The van der Waals surface area contributed by atoms with Crippen molar-refractivity contribution in [1.29, 1.82) is 0 Å². The molecule has 0 aliphatic carbocycles. The maximum Gasteiger partial charge on any atom is 0.450 e. The molecule has 2 aliphatic heterocycles. The zero-order valence-corrected chi connectivity index (χ0v) is 22.1. The van der Waals surface area contributed by atoms with Crippen molar-refractivity contribution in [2.24, 2.45) is 4.99 Å². The molecule has 0 unspecified atom stereocenters. The van der Waals surface area contributed by atoms with Gasteiger partial charge in [0, 0.05) is 6.54 Å². The quantitative estimate of drug-likeness (QED) is 0.292. The minimum Gasteiger partial charge on any atom is -0.349 e. The van der Waals surface area contributed by atoms with Crippen LogP contribution in [0.25, 0.3) is 0 Å². The topological polar surface area (TPSA) is 107 Å². The van der Waals surface area contributed by atoms with E-state index in [0.29, 0.717) is 22.5 Å². The van der Waals surface area contributed by atoms with Crippen LogP contribution in [-0.4, -0.2) is 51.3 Å². The predicted octanol–water partition coefficient (Wildman–Crippen LogP) is 5.12. The molecule has 0 amide bonds. The fourth-order valence-corrected chi connectivity index (χ4v) is 4.99. The second-order valence-corrected chi connectivity index (χ2v) is 10.7. The van der Waals surface area contributed by atoms with Gasteiger partial charge in [0.1, 0.15) is 11.7 Å². The molecule has 1 fully saturated rings. The van der Waals surface area contributed by atoms with Gasteiger partial charge in [-0.15, -0.1) is 0 Å². The van der Waals surface area contributed by atoms with E-state index in [4.69, 9.17) is 9.47 Å². The van der Waals surface area contributed by atoms with Crippen LogP contribution in [0.2, 0.25) is 0 Å². The van der Waals surface area contributed by atoms with Crippen molar-refractivity contribution in [2.45, 2.75) is 37.7 Å². The third kappa shape index (κ3) is 7.26. The summed E-state index contributed by atoms with van der Waals surface area (Å²) in [7, 11) is -4.80. The largest absolute Gasteiger partial charge is 0.450 e. The maximum absolute atomic E-state index is 13.7. The number of hydrogen-bond acceptors (Lipinski definition) is 6. The van der Waals surface area contributed by atoms with Crippen molar-refractivity contribution in [1.82, 2.24) is 15.1 Å². The molecule has 224 valence electrons. The molecular weight excluding hydrogens is 588 g/mol. The molecule has 0 aromatic heterocycles. The molecule has 0 bridgehead atoms. The molecule has 2 heterocycles. The Labute approximate surface area is 229 Å². The molecule has 9 nitrogen and oxygen atoms in total. The third-order valence-corrected chi connectivity index (χ3v) is 7.15. The van der Waals surface area contributed by atoms with Crippen molar-refractivity contribution in [3.05, 3.63) is 82.9 Å². The first-order valence-electron chi connectivity index (χ1n) is 11.9. The standard InChI is InChI=1S/C24H24F7N4O5P/c1-13(16-9-17(23(26,27)28)11-18(10-16)24(29,30)31)40-22-21(15-3-5-19(25)6-4-15)34(7-8-39-22)12-20-32-14(2)35(33-20)41(36,37)38/h3-6,9-11,13,21-22H,2,7-8,12H2,1H3,(H,32,33)(H2,36,37,38)/t13-,21+,22-/m1/s1. The maximum atomic E-state index is 13.7. The Kier molecular flexibility index (Phi) is 8.56. The number of nitrogens with zero attached hydrogens (tertiary/aromatic N) is 3. The van der Waals surface area contributed by atoms with E-state index < -0.39 is 61.0 Å². The molecule has 3 N–H and O–H groups in total. The summed E-state index contributed by atoms with van der Waals surface area (Å²) in [5, 5.41) is 0. The van der Waals surface area contributed by atoms with Crippen molar-refractivity contribution in [3.63, 3.8) is 0 Å². The van der Waals surface area contributed by atoms with E-state index >= 15 is 0 Å². The molecule has 41 heavy (non-hydrogen) atoms. The summed E-state index contributed by atoms with van der Waals surface area (Å²) >= 11 is 0. The van der Waals surface area contributed by atoms with Gasteiger partial charge in [-0.2, -0.15) is 31.1 Å². The highest BCUT2D eigenvalue weighted by atomic mass is 31.2. The first kappa shape index (κ1) is 30.9. The van der Waals surface area contributed by atoms with Crippen molar-refractivity contribution in [2.75, 3.05) is 19.7 Å². The van der Waals surface area contributed by atoms with Crippen molar-refractivity contribution < 1.29 is 54.6 Å². The normalized spacial score (nSPS) is 21.6. The average Bonchev–Trinajstić information content (AvgIpc) is 3.24. The third-order valence-electron chi connectivity index (χ3n) is 6.30. The van der Waals surface area contributed by atoms with Crippen LogP contribution in [0.3, 0.4) is 0 Å². The molecule has 17 heteroatoms. The lowest BCUT2D eigenvalue weighted by Gasteiger charge is -2.42. The van der Waals surface area contributed by atoms with E-state index in [2.05, 4.69) is 17.0 Å². The summed E-state index contributed by atoms with van der Waals surface area (Å²) in [5.41, 5.74) is -0.524. The molecular formula is C24H24F7N4O5P. The lowest BCUT2D eigenvalue weighted by atomic mass is 10.0. The van der Waals surface area contributed by atoms with Gasteiger partial charge in [-0.05, 0) is 48.4 Å². The van der Waals surface area contributed by atoms with E-state index in [9.17, 15) is 45.1 Å². The average molecular weight is 612 g/mol. The number of alkyl halides is 6. The minimum absolute atomic E-state index is 0.00189. The number of morpholine rings is 1. The number of hydrazine groups is 1. The summed E-state index contributed by atoms with van der Waals surface area (Å²) in [6.45, 7) is 4.86. The van der Waals surface area contributed by atoms with Crippen molar-refractivity contribution in [3.8, 4) is 0 Å². The monoisotopic (exact) mass is 612 g/mol. The Morgan fingerprint density at radius 3 is 2.22 bits per heavy atom. The first-order valence-corrected chi connectivity index (χ1v) is 13.5. The molecule has 3 atom stereocenters. The van der Waals surface area contributed by atoms with Crippen LogP contribution in [0.4, 0.5) is 30.7 Å². The molecule has 4 rings (SSSR count). The summed E-state index contributed by atoms with van der Waals surface area (Å²) in [4.78, 5) is 24.6. The number of ether oxygens (including phenoxy) is 2. The number of nitrogens with one attached hydrogen (secondary N) is 1. The highest BCUT2D eigenvalue weighted by Crippen LogP contribution is 2.43. The Morgan fingerprint density at radius 2 is 1.71 bits per heavy atom. The Balaban J connectivity index is 1.64. The summed E-state index contributed by atoms with van der Waals surface area (Å²) < 4.78 is 118. The van der Waals surface area contributed by atoms with E-state index in [1.807, 2.05) is 0 Å². The van der Waals surface area contributed by atoms with Crippen LogP contribution in [0.1, 0.15) is 41.3 Å². The van der Waals surface area contributed by atoms with Crippen LogP contribution in [0, 0.1) is 5.82 Å². The molecule has 2 aliphatic rings. The van der Waals surface area contributed by atoms with Gasteiger partial charge in [0.2, 0.25) is 0 Å². The van der Waals surface area contributed by atoms with Gasteiger partial charge in [0.25, 0.3) is 0 Å². The summed E-state index contributed by atoms with van der Waals surface area (Å²) in [6, 6.07) is 5.35. The van der Waals surface area contributed by atoms with E-state index in [-0.39, 0.29) is 37.4 Å². The number of aliphatic imine (C=N–C) groups is 1. The van der Waals surface area contributed by atoms with Crippen LogP contribution in [0.15, 0.2) is 59.9 Å². The van der Waals surface area contributed by atoms with Gasteiger partial charge >= 0.3 is 20.1 Å². The van der Waals surface area contributed by atoms with Gasteiger partial charge in [0.05, 0.1) is 36.4 Å². The van der Waals surface area contributed by atoms with E-state index in [1.165, 1.54) is 19.1 Å². The fraction of sp³-hybridized carbons (Fsp3) is 0.375. The smallest absolute Gasteiger partial charge is 0.349 e. The lowest BCUT2D eigenvalue weighted by molar-refractivity contribution is -0.227. The minimum atomic E-state index is -5.05. The SMILES string of the molecule is C=C1N=C(CN2CCO[C@H](O[C@H](C)c3cc(C(F)(F)F)cc(C(F)(F)F)c3)[C@@H]2c2ccc(F)cc2)NN1P(=O)(O)O. The summed E-state index contributed by atoms with van der Waals surface area (Å²) in [6.07, 6.45) is -12.7. The Hall–Kier alpha value is -3.01. The number of hydrogen-bond donors (Lipinski definition) is 3. The Morgan fingerprint density at radius 1 is 1.12 bits per heavy atom. The van der Waals surface area contributed by atoms with Gasteiger partial charge < -0.3 is 19.3 Å². The molecule has 1 saturated heterocycles. The number of halogens is 7. The number of benzene rings is 2. The molecule has 2 aromatic rings. The zero-order valence-electron chi connectivity index (χ0n) is 21.2. The zero-order chi connectivity index (χ0) is 30.3. The van der Waals surface area contributed by atoms with Crippen molar-refractivity contribution >= 4 is 13.6 Å². The van der Waals surface area contributed by atoms with E-state index in [0.717, 1.165) is 12.1 Å². The summed E-state index contributed by atoms with van der Waals surface area (Å²) in [5.74, 6) is -0.750. The molecule has 0 spiro atoms. The van der Waals surface area contributed by atoms with Crippen LogP contribution < -0.4 is 5.43 Å². The number of amidine groups is 1. The second kappa shape index (κ2) is 11.3. The van der Waals surface area contributed by atoms with Crippen LogP contribution >= 0.6 is 7.75 Å². The van der Waals surface area contributed by atoms with Gasteiger partial charge in [-0.1, -0.05) is 18.7 Å². The van der Waals surface area contributed by atoms with Crippen LogP contribution in [-0.2, 0) is 26.4 Å². The lowest BCUT2D eigenvalue weighted by Crippen LogP contribution is -2.50. The van der Waals surface area contributed by atoms with E-state index in [1.54, 1.807) is 4.90 Å². The second-order valence-electron chi connectivity index (χ2n) is 9.24. The van der Waals surface area contributed by atoms with Gasteiger partial charge in [-0.25, -0.2) is 13.9 Å². The van der Waals surface area contributed by atoms with Gasteiger partial charge in [-0.3, -0.25) is 10.3 Å².